The summed E-state index contributed by atoms with van der Waals surface area (Å²) in [6, 6.07) is 0. The summed E-state index contributed by atoms with van der Waals surface area (Å²) >= 11 is 0. The summed E-state index contributed by atoms with van der Waals surface area (Å²) in [4.78, 5) is 11.5. The van der Waals surface area contributed by atoms with Crippen LogP contribution in [0.4, 0.5) is 0 Å². The third kappa shape index (κ3) is 5.46. The second kappa shape index (κ2) is 5.63. The van der Waals surface area contributed by atoms with Crippen molar-refractivity contribution < 1.29 is 13.2 Å². The van der Waals surface area contributed by atoms with E-state index in [-0.39, 0.29) is 24.0 Å². The fourth-order valence-electron chi connectivity index (χ4n) is 1.09. The van der Waals surface area contributed by atoms with Crippen LogP contribution in [0.5, 0.6) is 0 Å². The number of sulfone groups is 1. The summed E-state index contributed by atoms with van der Waals surface area (Å²) in [6.07, 6.45) is 1.10. The van der Waals surface area contributed by atoms with Crippen LogP contribution in [0.15, 0.2) is 0 Å². The van der Waals surface area contributed by atoms with Crippen LogP contribution in [0.2, 0.25) is 0 Å². The molecule has 0 fully saturated rings. The molecule has 0 heterocycles. The minimum atomic E-state index is -3.09. The Bertz CT molecular complexity index is 338. The number of amides is 1. The number of hydrogen-bond acceptors (Lipinski definition) is 4. The fraction of sp³-hybridized carbons (Fsp3) is 0.900. The molecule has 0 aliphatic carbocycles. The maximum atomic E-state index is 11.5. The van der Waals surface area contributed by atoms with Gasteiger partial charge in [0.05, 0.1) is 11.3 Å². The number of nitrogens with one attached hydrogen (secondary N) is 1. The van der Waals surface area contributed by atoms with E-state index in [2.05, 4.69) is 5.32 Å². The van der Waals surface area contributed by atoms with Gasteiger partial charge in [-0.1, -0.05) is 13.8 Å². The van der Waals surface area contributed by atoms with Gasteiger partial charge in [0.25, 0.3) is 0 Å². The van der Waals surface area contributed by atoms with Crippen molar-refractivity contribution in [3.05, 3.63) is 0 Å². The first-order chi connectivity index (χ1) is 7.10. The van der Waals surface area contributed by atoms with Crippen LogP contribution in [-0.2, 0) is 14.6 Å². The smallest absolute Gasteiger partial charge is 0.221 e. The molecule has 1 amide bonds. The Morgan fingerprint density at radius 1 is 1.44 bits per heavy atom. The van der Waals surface area contributed by atoms with Gasteiger partial charge in [-0.05, 0) is 12.8 Å². The molecule has 0 saturated carbocycles. The second-order valence-electron chi connectivity index (χ2n) is 4.70. The van der Waals surface area contributed by atoms with Crippen LogP contribution in [0.3, 0.4) is 0 Å². The lowest BCUT2D eigenvalue weighted by Gasteiger charge is -2.33. The van der Waals surface area contributed by atoms with Gasteiger partial charge in [0.15, 0.2) is 0 Å². The van der Waals surface area contributed by atoms with Crippen molar-refractivity contribution in [3.8, 4) is 0 Å². The normalized spacial score (nSPS) is 15.9. The topological polar surface area (TPSA) is 89.3 Å². The van der Waals surface area contributed by atoms with Crippen molar-refractivity contribution in [1.82, 2.24) is 5.32 Å². The van der Waals surface area contributed by atoms with E-state index < -0.39 is 15.4 Å². The molecule has 1 unspecified atom stereocenters. The van der Waals surface area contributed by atoms with Crippen molar-refractivity contribution in [3.63, 3.8) is 0 Å². The first-order valence-electron chi connectivity index (χ1n) is 5.29. The summed E-state index contributed by atoms with van der Waals surface area (Å²) in [7, 11) is -3.09. The van der Waals surface area contributed by atoms with Gasteiger partial charge in [-0.3, -0.25) is 4.79 Å². The zero-order valence-electron chi connectivity index (χ0n) is 10.4. The van der Waals surface area contributed by atoms with Crippen molar-refractivity contribution in [2.75, 3.05) is 18.6 Å². The molecule has 16 heavy (non-hydrogen) atoms. The van der Waals surface area contributed by atoms with Crippen LogP contribution in [0.25, 0.3) is 0 Å². The van der Waals surface area contributed by atoms with Crippen LogP contribution < -0.4 is 11.1 Å². The molecule has 3 N–H and O–H groups in total. The van der Waals surface area contributed by atoms with Gasteiger partial charge in [0.1, 0.15) is 9.84 Å². The van der Waals surface area contributed by atoms with E-state index in [0.717, 1.165) is 6.26 Å². The molecule has 0 aromatic carbocycles. The number of nitrogens with two attached hydrogens (primary N) is 1. The van der Waals surface area contributed by atoms with E-state index in [0.29, 0.717) is 6.54 Å². The van der Waals surface area contributed by atoms with E-state index in [9.17, 15) is 13.2 Å². The van der Waals surface area contributed by atoms with Gasteiger partial charge < -0.3 is 11.1 Å². The molecule has 5 nitrogen and oxygen atoms in total. The molecule has 0 aromatic heterocycles. The van der Waals surface area contributed by atoms with Gasteiger partial charge in [-0.25, -0.2) is 8.42 Å². The number of carbonyl (C=O) groups excluding carboxylic acids is 1. The fourth-order valence-corrected chi connectivity index (χ4v) is 1.65. The molecule has 6 heteroatoms. The lowest BCUT2D eigenvalue weighted by molar-refractivity contribution is -0.122. The molecule has 96 valence electrons. The highest BCUT2D eigenvalue weighted by Crippen LogP contribution is 2.14. The lowest BCUT2D eigenvalue weighted by Crippen LogP contribution is -2.55. The van der Waals surface area contributed by atoms with Gasteiger partial charge in [-0.2, -0.15) is 0 Å². The first-order valence-corrected chi connectivity index (χ1v) is 7.35. The Labute approximate surface area is 97.7 Å². The van der Waals surface area contributed by atoms with Gasteiger partial charge in [0, 0.05) is 19.2 Å². The zero-order valence-corrected chi connectivity index (χ0v) is 11.2. The van der Waals surface area contributed by atoms with Crippen molar-refractivity contribution >= 4 is 15.7 Å². The Morgan fingerprint density at radius 2 is 1.94 bits per heavy atom. The second-order valence-corrected chi connectivity index (χ2v) is 6.96. The summed E-state index contributed by atoms with van der Waals surface area (Å²) in [5.74, 6) is -0.204. The Kier molecular flexibility index (Phi) is 5.41. The maximum Gasteiger partial charge on any atom is 0.221 e. The number of rotatable bonds is 6. The van der Waals surface area contributed by atoms with Crippen molar-refractivity contribution in [2.24, 2.45) is 11.7 Å². The van der Waals surface area contributed by atoms with E-state index in [1.165, 1.54) is 0 Å². The minimum Gasteiger partial charge on any atom is -0.349 e. The van der Waals surface area contributed by atoms with E-state index in [1.807, 2.05) is 20.8 Å². The summed E-state index contributed by atoms with van der Waals surface area (Å²) in [6.45, 7) is 6.11. The predicted octanol–water partition coefficient (Wildman–Crippen LogP) is -0.0893. The summed E-state index contributed by atoms with van der Waals surface area (Å²) in [5.41, 5.74) is 5.13. The van der Waals surface area contributed by atoms with Crippen LogP contribution >= 0.6 is 0 Å². The van der Waals surface area contributed by atoms with E-state index in [4.69, 9.17) is 5.73 Å². The average Bonchev–Trinajstić information content (AvgIpc) is 2.13. The molecule has 0 aliphatic heterocycles. The van der Waals surface area contributed by atoms with Gasteiger partial charge in [-0.15, -0.1) is 0 Å². The zero-order chi connectivity index (χ0) is 13.0. The highest BCUT2D eigenvalue weighted by molar-refractivity contribution is 7.90. The van der Waals surface area contributed by atoms with Crippen molar-refractivity contribution in [1.29, 1.82) is 0 Å². The molecule has 0 aromatic rings. The number of hydrogen-bond donors (Lipinski definition) is 2. The molecule has 0 bridgehead atoms. The summed E-state index contributed by atoms with van der Waals surface area (Å²) in [5, 5.41) is 2.79. The molecular weight excluding hydrogens is 228 g/mol. The predicted molar refractivity (Wildman–Crippen MR) is 64.8 cm³/mol. The Hall–Kier alpha value is -0.620. The minimum absolute atomic E-state index is 0.0128. The van der Waals surface area contributed by atoms with Gasteiger partial charge >= 0.3 is 0 Å². The van der Waals surface area contributed by atoms with Crippen LogP contribution in [0.1, 0.15) is 27.2 Å². The summed E-state index contributed by atoms with van der Waals surface area (Å²) < 4.78 is 21.8. The van der Waals surface area contributed by atoms with Crippen molar-refractivity contribution in [2.45, 2.75) is 32.7 Å². The monoisotopic (exact) mass is 250 g/mol. The molecule has 1 atom stereocenters. The standard InChI is InChI=1S/C10H22N2O3S/c1-8(2)10(3,7-11)12-9(13)5-6-16(4,14)15/h8H,5-7,11H2,1-4H3,(H,12,13). The third-order valence-electron chi connectivity index (χ3n) is 2.82. The molecule has 0 aliphatic rings. The maximum absolute atomic E-state index is 11.5. The molecular formula is C10H22N2O3S. The molecule has 0 saturated heterocycles. The van der Waals surface area contributed by atoms with Gasteiger partial charge in [0.2, 0.25) is 5.91 Å². The molecule has 0 spiro atoms. The van der Waals surface area contributed by atoms with Crippen LogP contribution in [-0.4, -0.2) is 38.4 Å². The highest BCUT2D eigenvalue weighted by Gasteiger charge is 2.28. The quantitative estimate of drug-likeness (QED) is 0.689. The first kappa shape index (κ1) is 15.4. The largest absolute Gasteiger partial charge is 0.349 e. The SMILES string of the molecule is CC(C)C(C)(CN)NC(=O)CCS(C)(=O)=O. The number of carbonyl (C=O) groups is 1. The highest BCUT2D eigenvalue weighted by atomic mass is 32.2. The van der Waals surface area contributed by atoms with Crippen LogP contribution in [0, 0.1) is 5.92 Å². The Morgan fingerprint density at radius 3 is 2.25 bits per heavy atom. The van der Waals surface area contributed by atoms with E-state index >= 15 is 0 Å². The van der Waals surface area contributed by atoms with E-state index in [1.54, 1.807) is 0 Å². The molecule has 0 radical (unpaired) electrons. The lowest BCUT2D eigenvalue weighted by atomic mass is 9.88. The molecule has 0 rings (SSSR count). The Balaban J connectivity index is 4.34. The average molecular weight is 250 g/mol. The third-order valence-corrected chi connectivity index (χ3v) is 3.77.